The van der Waals surface area contributed by atoms with Crippen molar-refractivity contribution >= 4 is 5.91 Å². The first-order chi connectivity index (χ1) is 9.68. The summed E-state index contributed by atoms with van der Waals surface area (Å²) in [6, 6.07) is 4.33. The minimum absolute atomic E-state index is 0.224. The minimum atomic E-state index is 0.224. The molecule has 5 heteroatoms. The Morgan fingerprint density at radius 2 is 2.05 bits per heavy atom. The van der Waals surface area contributed by atoms with Crippen LogP contribution in [0, 0.1) is 0 Å². The molecule has 1 unspecified atom stereocenters. The van der Waals surface area contributed by atoms with Crippen molar-refractivity contribution in [2.75, 3.05) is 39.9 Å². The van der Waals surface area contributed by atoms with Gasteiger partial charge >= 0.3 is 0 Å². The van der Waals surface area contributed by atoms with Crippen molar-refractivity contribution in [3.63, 3.8) is 0 Å². The van der Waals surface area contributed by atoms with E-state index in [0.717, 1.165) is 19.6 Å². The molecule has 0 spiro atoms. The number of carbonyl (C=O) groups excluding carboxylic acids is 1. The summed E-state index contributed by atoms with van der Waals surface area (Å²) in [6.45, 7) is 5.68. The van der Waals surface area contributed by atoms with Crippen LogP contribution in [0.1, 0.15) is 24.9 Å². The molecule has 0 aliphatic carbocycles. The van der Waals surface area contributed by atoms with E-state index in [4.69, 9.17) is 4.74 Å². The van der Waals surface area contributed by atoms with Crippen molar-refractivity contribution in [1.82, 2.24) is 14.8 Å². The summed E-state index contributed by atoms with van der Waals surface area (Å²) in [6.07, 6.45) is 4.17. The van der Waals surface area contributed by atoms with Crippen LogP contribution in [0.4, 0.5) is 0 Å². The van der Waals surface area contributed by atoms with Gasteiger partial charge in [0.05, 0.1) is 13.2 Å². The second-order valence-electron chi connectivity index (χ2n) is 5.18. The first-order valence-corrected chi connectivity index (χ1v) is 7.14. The molecule has 5 nitrogen and oxygen atoms in total. The van der Waals surface area contributed by atoms with Gasteiger partial charge in [-0.2, -0.15) is 0 Å². The first-order valence-electron chi connectivity index (χ1n) is 7.14. The Kier molecular flexibility index (Phi) is 5.49. The summed E-state index contributed by atoms with van der Waals surface area (Å²) in [5, 5.41) is 0. The largest absolute Gasteiger partial charge is 0.378 e. The fraction of sp³-hybridized carbons (Fsp3) is 0.600. The topological polar surface area (TPSA) is 45.7 Å². The number of nitrogens with zero attached hydrogens (tertiary/aromatic N) is 3. The number of amides is 1. The van der Waals surface area contributed by atoms with Gasteiger partial charge in [-0.1, -0.05) is 0 Å². The molecular formula is C15H23N3O2. The molecule has 0 radical (unpaired) electrons. The zero-order valence-corrected chi connectivity index (χ0v) is 12.3. The summed E-state index contributed by atoms with van der Waals surface area (Å²) in [7, 11) is 2.05. The number of hydrogen-bond acceptors (Lipinski definition) is 4. The van der Waals surface area contributed by atoms with Crippen LogP contribution < -0.4 is 0 Å². The van der Waals surface area contributed by atoms with Gasteiger partial charge < -0.3 is 9.64 Å². The van der Waals surface area contributed by atoms with Gasteiger partial charge in [-0.25, -0.2) is 0 Å². The lowest BCUT2D eigenvalue weighted by molar-refractivity contribution is -0.135. The molecule has 2 heterocycles. The quantitative estimate of drug-likeness (QED) is 0.814. The second kappa shape index (κ2) is 7.36. The Balaban J connectivity index is 1.79. The van der Waals surface area contributed by atoms with Crippen molar-refractivity contribution in [3.05, 3.63) is 30.1 Å². The molecule has 0 saturated carbocycles. The molecule has 1 aliphatic rings. The van der Waals surface area contributed by atoms with Crippen LogP contribution in [-0.2, 0) is 9.53 Å². The molecular weight excluding hydrogens is 254 g/mol. The molecule has 1 aliphatic heterocycles. The lowest BCUT2D eigenvalue weighted by atomic mass is 10.1. The molecule has 1 fully saturated rings. The third-order valence-corrected chi connectivity index (χ3v) is 3.89. The standard InChI is InChI=1S/C15H23N3O2/c1-13(14-3-6-16-7-4-14)17(2)8-5-15(19)18-9-11-20-12-10-18/h3-4,6-7,13H,5,8-12H2,1-2H3. The van der Waals surface area contributed by atoms with E-state index < -0.39 is 0 Å². The number of aromatic nitrogens is 1. The van der Waals surface area contributed by atoms with Crippen LogP contribution in [0.25, 0.3) is 0 Å². The van der Waals surface area contributed by atoms with Crippen LogP contribution in [-0.4, -0.2) is 60.6 Å². The fourth-order valence-electron chi connectivity index (χ4n) is 2.33. The molecule has 1 aromatic rings. The van der Waals surface area contributed by atoms with Gasteiger partial charge in [-0.05, 0) is 31.7 Å². The van der Waals surface area contributed by atoms with E-state index in [2.05, 4.69) is 23.9 Å². The van der Waals surface area contributed by atoms with Gasteiger partial charge in [0.1, 0.15) is 0 Å². The number of hydrogen-bond donors (Lipinski definition) is 0. The number of carbonyl (C=O) groups is 1. The first kappa shape index (κ1) is 14.9. The van der Waals surface area contributed by atoms with E-state index in [9.17, 15) is 4.79 Å². The highest BCUT2D eigenvalue weighted by Crippen LogP contribution is 2.17. The van der Waals surface area contributed by atoms with Gasteiger partial charge in [0.15, 0.2) is 0 Å². The Morgan fingerprint density at radius 1 is 1.40 bits per heavy atom. The highest BCUT2D eigenvalue weighted by atomic mass is 16.5. The van der Waals surface area contributed by atoms with E-state index in [1.54, 1.807) is 12.4 Å². The number of ether oxygens (including phenoxy) is 1. The average Bonchev–Trinajstić information content (AvgIpc) is 2.53. The molecule has 20 heavy (non-hydrogen) atoms. The van der Waals surface area contributed by atoms with Crippen LogP contribution >= 0.6 is 0 Å². The third-order valence-electron chi connectivity index (χ3n) is 3.89. The van der Waals surface area contributed by atoms with E-state index in [0.29, 0.717) is 19.6 Å². The zero-order chi connectivity index (χ0) is 14.4. The Labute approximate surface area is 120 Å². The van der Waals surface area contributed by atoms with Gasteiger partial charge in [-0.15, -0.1) is 0 Å². The third kappa shape index (κ3) is 4.02. The maximum absolute atomic E-state index is 12.1. The van der Waals surface area contributed by atoms with Crippen molar-refractivity contribution < 1.29 is 9.53 Å². The van der Waals surface area contributed by atoms with E-state index in [1.807, 2.05) is 17.0 Å². The molecule has 0 bridgehead atoms. The molecule has 1 aromatic heterocycles. The smallest absolute Gasteiger partial charge is 0.224 e. The minimum Gasteiger partial charge on any atom is -0.378 e. The van der Waals surface area contributed by atoms with Gasteiger partial charge in [0.2, 0.25) is 5.91 Å². The summed E-state index contributed by atoms with van der Waals surface area (Å²) in [5.74, 6) is 0.224. The lowest BCUT2D eigenvalue weighted by Crippen LogP contribution is -2.41. The van der Waals surface area contributed by atoms with Gasteiger partial charge in [0, 0.05) is 44.5 Å². The summed E-state index contributed by atoms with van der Waals surface area (Å²) in [4.78, 5) is 20.2. The molecule has 1 amide bonds. The molecule has 2 rings (SSSR count). The normalized spacial score (nSPS) is 17.2. The maximum Gasteiger partial charge on any atom is 0.224 e. The molecule has 1 saturated heterocycles. The van der Waals surface area contributed by atoms with Crippen LogP contribution in [0.5, 0.6) is 0 Å². The number of pyridine rings is 1. The van der Waals surface area contributed by atoms with Crippen molar-refractivity contribution in [3.8, 4) is 0 Å². The monoisotopic (exact) mass is 277 g/mol. The van der Waals surface area contributed by atoms with Crippen LogP contribution in [0.15, 0.2) is 24.5 Å². The number of morpholine rings is 1. The van der Waals surface area contributed by atoms with Crippen molar-refractivity contribution in [2.24, 2.45) is 0 Å². The van der Waals surface area contributed by atoms with Crippen molar-refractivity contribution in [2.45, 2.75) is 19.4 Å². The Bertz CT molecular complexity index is 418. The summed E-state index contributed by atoms with van der Waals surface area (Å²) >= 11 is 0. The highest BCUT2D eigenvalue weighted by molar-refractivity contribution is 5.76. The SMILES string of the molecule is CC(c1ccncc1)N(C)CCC(=O)N1CCOCC1. The van der Waals surface area contributed by atoms with Crippen molar-refractivity contribution in [1.29, 1.82) is 0 Å². The van der Waals surface area contributed by atoms with Gasteiger partial charge in [-0.3, -0.25) is 14.7 Å². The Morgan fingerprint density at radius 3 is 2.70 bits per heavy atom. The summed E-state index contributed by atoms with van der Waals surface area (Å²) < 4.78 is 5.26. The molecule has 1 atom stereocenters. The van der Waals surface area contributed by atoms with Crippen LogP contribution in [0.2, 0.25) is 0 Å². The fourth-order valence-corrected chi connectivity index (χ4v) is 2.33. The molecule has 110 valence electrons. The highest BCUT2D eigenvalue weighted by Gasteiger charge is 2.18. The predicted molar refractivity (Wildman–Crippen MR) is 77.3 cm³/mol. The molecule has 0 N–H and O–H groups in total. The zero-order valence-electron chi connectivity index (χ0n) is 12.3. The van der Waals surface area contributed by atoms with E-state index >= 15 is 0 Å². The summed E-state index contributed by atoms with van der Waals surface area (Å²) in [5.41, 5.74) is 1.22. The maximum atomic E-state index is 12.1. The number of rotatable bonds is 5. The second-order valence-corrected chi connectivity index (χ2v) is 5.18. The predicted octanol–water partition coefficient (Wildman–Crippen LogP) is 1.32. The van der Waals surface area contributed by atoms with E-state index in [-0.39, 0.29) is 11.9 Å². The van der Waals surface area contributed by atoms with Gasteiger partial charge in [0.25, 0.3) is 0 Å². The Hall–Kier alpha value is -1.46. The lowest BCUT2D eigenvalue weighted by Gasteiger charge is -2.29. The molecule has 0 aromatic carbocycles. The van der Waals surface area contributed by atoms with E-state index in [1.165, 1.54) is 5.56 Å². The average molecular weight is 277 g/mol. The van der Waals surface area contributed by atoms with Crippen LogP contribution in [0.3, 0.4) is 0 Å².